The number of nitrogens with zero attached hydrogens (tertiary/aromatic N) is 5. The van der Waals surface area contributed by atoms with Crippen LogP contribution in [-0.2, 0) is 17.9 Å². The minimum Gasteiger partial charge on any atom is -0.293 e. The lowest BCUT2D eigenvalue weighted by Gasteiger charge is -2.06. The van der Waals surface area contributed by atoms with Gasteiger partial charge in [0.2, 0.25) is 11.9 Å². The normalized spacial score (nSPS) is 10.9. The van der Waals surface area contributed by atoms with E-state index in [9.17, 15) is 4.79 Å². The molecule has 0 unspecified atom stereocenters. The first-order chi connectivity index (χ1) is 12.4. The van der Waals surface area contributed by atoms with Crippen molar-refractivity contribution in [3.8, 4) is 0 Å². The number of rotatable bonds is 6. The average molecular weight is 393 g/mol. The van der Waals surface area contributed by atoms with Crippen LogP contribution < -0.4 is 5.32 Å². The summed E-state index contributed by atoms with van der Waals surface area (Å²) >= 11 is 12.3. The van der Waals surface area contributed by atoms with Crippen LogP contribution >= 0.6 is 23.2 Å². The van der Waals surface area contributed by atoms with Crippen molar-refractivity contribution in [2.75, 3.05) is 5.32 Å². The summed E-state index contributed by atoms with van der Waals surface area (Å²) in [4.78, 5) is 16.2. The largest absolute Gasteiger partial charge is 0.293 e. The number of aromatic nitrogens is 5. The number of carbonyl (C=O) groups is 1. The van der Waals surface area contributed by atoms with E-state index in [1.54, 1.807) is 27.6 Å². The molecule has 1 aromatic carbocycles. The standard InChI is InChI=1S/C17H18Cl2N6O/c1-11-8-12(2)25(22-11)7-6-16(26)21-17-20-10-24(23-17)9-13-14(18)4-3-5-15(13)19/h3-5,8,10H,6-7,9H2,1-2H3,(H,21,23,26). The third kappa shape index (κ3) is 4.42. The predicted octanol–water partition coefficient (Wildman–Crippen LogP) is 3.48. The second-order valence-corrected chi connectivity index (χ2v) is 6.73. The number of halogens is 2. The van der Waals surface area contributed by atoms with E-state index in [4.69, 9.17) is 23.2 Å². The van der Waals surface area contributed by atoms with Gasteiger partial charge in [-0.3, -0.25) is 14.8 Å². The van der Waals surface area contributed by atoms with Crippen LogP contribution in [0, 0.1) is 13.8 Å². The van der Waals surface area contributed by atoms with Gasteiger partial charge in [-0.05, 0) is 32.0 Å². The van der Waals surface area contributed by atoms with Gasteiger partial charge in [0.05, 0.1) is 12.2 Å². The Morgan fingerprint density at radius 2 is 1.92 bits per heavy atom. The molecule has 26 heavy (non-hydrogen) atoms. The van der Waals surface area contributed by atoms with Gasteiger partial charge in [-0.2, -0.15) is 5.10 Å². The van der Waals surface area contributed by atoms with Gasteiger partial charge in [-0.25, -0.2) is 9.67 Å². The lowest BCUT2D eigenvalue weighted by Crippen LogP contribution is -2.16. The van der Waals surface area contributed by atoms with Gasteiger partial charge >= 0.3 is 0 Å². The summed E-state index contributed by atoms with van der Waals surface area (Å²) in [5.74, 6) is 0.0672. The highest BCUT2D eigenvalue weighted by atomic mass is 35.5. The second-order valence-electron chi connectivity index (χ2n) is 5.91. The Balaban J connectivity index is 1.58. The molecular weight excluding hydrogens is 375 g/mol. The lowest BCUT2D eigenvalue weighted by molar-refractivity contribution is -0.116. The summed E-state index contributed by atoms with van der Waals surface area (Å²) in [5, 5.41) is 12.4. The monoisotopic (exact) mass is 392 g/mol. The molecule has 3 aromatic rings. The first-order valence-corrected chi connectivity index (χ1v) is 8.81. The molecule has 0 bridgehead atoms. The number of carbonyl (C=O) groups excluding carboxylic acids is 1. The number of hydrogen-bond donors (Lipinski definition) is 1. The van der Waals surface area contributed by atoms with Crippen molar-refractivity contribution in [3.63, 3.8) is 0 Å². The molecule has 2 aromatic heterocycles. The topological polar surface area (TPSA) is 77.6 Å². The molecule has 1 N–H and O–H groups in total. The summed E-state index contributed by atoms with van der Waals surface area (Å²) in [6, 6.07) is 7.29. The molecule has 136 valence electrons. The molecule has 0 saturated heterocycles. The smallest absolute Gasteiger partial charge is 0.248 e. The molecule has 0 aliphatic rings. The van der Waals surface area contributed by atoms with Crippen LogP contribution in [0.15, 0.2) is 30.6 Å². The van der Waals surface area contributed by atoms with Crippen molar-refractivity contribution < 1.29 is 4.79 Å². The van der Waals surface area contributed by atoms with Gasteiger partial charge < -0.3 is 0 Å². The number of nitrogens with one attached hydrogen (secondary N) is 1. The van der Waals surface area contributed by atoms with Crippen molar-refractivity contribution >= 4 is 35.1 Å². The molecule has 0 spiro atoms. The summed E-state index contributed by atoms with van der Waals surface area (Å²) in [7, 11) is 0. The highest BCUT2D eigenvalue weighted by Crippen LogP contribution is 2.24. The third-order valence-electron chi connectivity index (χ3n) is 3.82. The van der Waals surface area contributed by atoms with E-state index >= 15 is 0 Å². The molecule has 0 atom stereocenters. The number of amides is 1. The molecule has 1 amide bonds. The number of anilines is 1. The molecule has 3 rings (SSSR count). The zero-order chi connectivity index (χ0) is 18.7. The Morgan fingerprint density at radius 1 is 1.19 bits per heavy atom. The third-order valence-corrected chi connectivity index (χ3v) is 4.53. The first kappa shape index (κ1) is 18.4. The van der Waals surface area contributed by atoms with Gasteiger partial charge in [0.15, 0.2) is 0 Å². The Labute approximate surface area is 160 Å². The van der Waals surface area contributed by atoms with Crippen LogP contribution in [0.2, 0.25) is 10.0 Å². The molecule has 0 aliphatic carbocycles. The maximum absolute atomic E-state index is 12.1. The van der Waals surface area contributed by atoms with E-state index in [-0.39, 0.29) is 18.3 Å². The Hall–Kier alpha value is -2.38. The average Bonchev–Trinajstić information content (AvgIpc) is 3.15. The maximum atomic E-state index is 12.1. The molecule has 0 aliphatic heterocycles. The highest BCUT2D eigenvalue weighted by Gasteiger charge is 2.11. The van der Waals surface area contributed by atoms with Crippen molar-refractivity contribution in [1.29, 1.82) is 0 Å². The van der Waals surface area contributed by atoms with Gasteiger partial charge in [0.1, 0.15) is 6.33 Å². The van der Waals surface area contributed by atoms with Crippen LogP contribution in [0.25, 0.3) is 0 Å². The number of benzene rings is 1. The fraction of sp³-hybridized carbons (Fsp3) is 0.294. The van der Waals surface area contributed by atoms with Gasteiger partial charge in [-0.1, -0.05) is 29.3 Å². The zero-order valence-electron chi connectivity index (χ0n) is 14.4. The first-order valence-electron chi connectivity index (χ1n) is 8.05. The van der Waals surface area contributed by atoms with Crippen molar-refractivity contribution in [1.82, 2.24) is 24.5 Å². The molecule has 2 heterocycles. The molecule has 0 saturated carbocycles. The number of aryl methyl sites for hydroxylation is 3. The Morgan fingerprint density at radius 3 is 2.58 bits per heavy atom. The van der Waals surface area contributed by atoms with Crippen molar-refractivity contribution in [3.05, 3.63) is 57.6 Å². The van der Waals surface area contributed by atoms with E-state index in [1.807, 2.05) is 19.9 Å². The van der Waals surface area contributed by atoms with Crippen molar-refractivity contribution in [2.45, 2.75) is 33.4 Å². The maximum Gasteiger partial charge on any atom is 0.248 e. The predicted molar refractivity (Wildman–Crippen MR) is 101 cm³/mol. The Bertz CT molecular complexity index is 913. The fourth-order valence-electron chi connectivity index (χ4n) is 2.57. The van der Waals surface area contributed by atoms with Crippen molar-refractivity contribution in [2.24, 2.45) is 0 Å². The molecule has 9 heteroatoms. The number of hydrogen-bond acceptors (Lipinski definition) is 4. The van der Waals surface area contributed by atoms with Gasteiger partial charge in [0, 0.05) is 34.3 Å². The molecule has 7 nitrogen and oxygen atoms in total. The zero-order valence-corrected chi connectivity index (χ0v) is 15.9. The summed E-state index contributed by atoms with van der Waals surface area (Å²) in [6.45, 7) is 4.75. The van der Waals surface area contributed by atoms with Crippen LogP contribution in [-0.4, -0.2) is 30.5 Å². The van der Waals surface area contributed by atoms with Crippen LogP contribution in [0.1, 0.15) is 23.4 Å². The minimum absolute atomic E-state index is 0.175. The van der Waals surface area contributed by atoms with E-state index in [2.05, 4.69) is 20.5 Å². The second kappa shape index (κ2) is 7.88. The minimum atomic E-state index is -0.175. The van der Waals surface area contributed by atoms with Crippen LogP contribution in [0.5, 0.6) is 0 Å². The summed E-state index contributed by atoms with van der Waals surface area (Å²) < 4.78 is 3.38. The molecule has 0 radical (unpaired) electrons. The van der Waals surface area contributed by atoms with Crippen LogP contribution in [0.3, 0.4) is 0 Å². The summed E-state index contributed by atoms with van der Waals surface area (Å²) in [6.07, 6.45) is 1.81. The van der Waals surface area contributed by atoms with E-state index in [0.717, 1.165) is 17.0 Å². The SMILES string of the molecule is Cc1cc(C)n(CCC(=O)Nc2ncn(Cc3c(Cl)cccc3Cl)n2)n1. The quantitative estimate of drug-likeness (QED) is 0.696. The van der Waals surface area contributed by atoms with E-state index < -0.39 is 0 Å². The summed E-state index contributed by atoms with van der Waals surface area (Å²) in [5.41, 5.74) is 2.71. The molecular formula is C17H18Cl2N6O. The van der Waals surface area contributed by atoms with Crippen LogP contribution in [0.4, 0.5) is 5.95 Å². The fourth-order valence-corrected chi connectivity index (χ4v) is 3.09. The molecule has 0 fully saturated rings. The van der Waals surface area contributed by atoms with Gasteiger partial charge in [0.25, 0.3) is 0 Å². The lowest BCUT2D eigenvalue weighted by atomic mass is 10.2. The van der Waals surface area contributed by atoms with Gasteiger partial charge in [-0.15, -0.1) is 5.10 Å². The van der Waals surface area contributed by atoms with E-state index in [1.165, 1.54) is 6.33 Å². The highest BCUT2D eigenvalue weighted by molar-refractivity contribution is 6.35. The van der Waals surface area contributed by atoms with E-state index in [0.29, 0.717) is 23.1 Å². The Kier molecular flexibility index (Phi) is 5.58.